The van der Waals surface area contributed by atoms with Crippen LogP contribution in [0.3, 0.4) is 0 Å². The van der Waals surface area contributed by atoms with Crippen LogP contribution in [0.4, 0.5) is 4.79 Å². The van der Waals surface area contributed by atoms with Crippen LogP contribution >= 0.6 is 0 Å². The topological polar surface area (TPSA) is 123 Å². The molecule has 3 aromatic rings. The molecule has 10 nitrogen and oxygen atoms in total. The van der Waals surface area contributed by atoms with Crippen LogP contribution in [0.1, 0.15) is 48.4 Å². The van der Waals surface area contributed by atoms with E-state index < -0.39 is 6.10 Å². The summed E-state index contributed by atoms with van der Waals surface area (Å²) in [6.45, 7) is 6.53. The number of hydrogen-bond donors (Lipinski definition) is 2. The molecule has 4 heterocycles. The van der Waals surface area contributed by atoms with Crippen molar-refractivity contribution in [3.8, 4) is 28.4 Å². The Hall–Kier alpha value is -3.50. The predicted octanol–water partition coefficient (Wildman–Crippen LogP) is 4.23. The summed E-state index contributed by atoms with van der Waals surface area (Å²) in [7, 11) is 3.25. The van der Waals surface area contributed by atoms with Crippen molar-refractivity contribution < 1.29 is 23.9 Å². The number of aromatic nitrogens is 3. The van der Waals surface area contributed by atoms with Crippen LogP contribution in [-0.4, -0.2) is 76.7 Å². The first-order chi connectivity index (χ1) is 19.3. The van der Waals surface area contributed by atoms with Crippen LogP contribution in [0.25, 0.3) is 22.6 Å². The van der Waals surface area contributed by atoms with E-state index in [2.05, 4.69) is 17.4 Å². The van der Waals surface area contributed by atoms with Gasteiger partial charge in [-0.2, -0.15) is 0 Å². The maximum Gasteiger partial charge on any atom is 0.409 e. The molecule has 5 rings (SSSR count). The second kappa shape index (κ2) is 11.9. The number of amides is 1. The zero-order valence-corrected chi connectivity index (χ0v) is 23.9. The van der Waals surface area contributed by atoms with Gasteiger partial charge in [0.2, 0.25) is 0 Å². The number of aryl methyl sites for hydroxylation is 2. The first kappa shape index (κ1) is 28.0. The molecule has 4 atom stereocenters. The molecule has 2 fully saturated rings. The summed E-state index contributed by atoms with van der Waals surface area (Å²) in [4.78, 5) is 24.4. The lowest BCUT2D eigenvalue weighted by atomic mass is 9.86. The Morgan fingerprint density at radius 2 is 1.95 bits per heavy atom. The number of hydrogen-bond acceptors (Lipinski definition) is 9. The number of likely N-dealkylation sites (N-methyl/N-ethyl adjacent to an activating group) is 1. The summed E-state index contributed by atoms with van der Waals surface area (Å²) in [5.74, 6) is 2.37. The monoisotopic (exact) mass is 549 g/mol. The van der Waals surface area contributed by atoms with E-state index in [1.807, 2.05) is 43.0 Å². The summed E-state index contributed by atoms with van der Waals surface area (Å²) < 4.78 is 16.4. The number of fused-ring (bicyclic) bond motifs is 2. The van der Waals surface area contributed by atoms with Crippen LogP contribution in [0.2, 0.25) is 0 Å². The first-order valence-corrected chi connectivity index (χ1v) is 14.0. The molecule has 214 valence electrons. The van der Waals surface area contributed by atoms with Gasteiger partial charge in [0.25, 0.3) is 0 Å². The molecule has 0 aliphatic carbocycles. The van der Waals surface area contributed by atoms with Gasteiger partial charge in [0.05, 0.1) is 24.1 Å². The predicted molar refractivity (Wildman–Crippen MR) is 150 cm³/mol. The van der Waals surface area contributed by atoms with Crippen molar-refractivity contribution in [1.82, 2.24) is 25.3 Å². The number of rotatable bonds is 9. The third kappa shape index (κ3) is 5.69. The zero-order valence-electron chi connectivity index (χ0n) is 23.9. The van der Waals surface area contributed by atoms with Gasteiger partial charge in [-0.15, -0.1) is 0 Å². The van der Waals surface area contributed by atoms with Gasteiger partial charge >= 0.3 is 6.09 Å². The molecular weight excluding hydrogens is 510 g/mol. The molecule has 40 heavy (non-hydrogen) atoms. The number of carbonyl (C=O) groups excluding carboxylic acids is 1. The van der Waals surface area contributed by atoms with Crippen LogP contribution in [0.5, 0.6) is 5.75 Å². The number of methoxy groups -OCH3 is 1. The largest absolute Gasteiger partial charge is 0.491 e. The highest BCUT2D eigenvalue weighted by Crippen LogP contribution is 2.41. The van der Waals surface area contributed by atoms with E-state index in [1.165, 1.54) is 7.11 Å². The highest BCUT2D eigenvalue weighted by atomic mass is 16.5. The third-order valence-corrected chi connectivity index (χ3v) is 8.19. The second-order valence-corrected chi connectivity index (χ2v) is 11.0. The minimum Gasteiger partial charge on any atom is -0.491 e. The molecule has 2 unspecified atom stereocenters. The van der Waals surface area contributed by atoms with Gasteiger partial charge in [0.15, 0.2) is 5.82 Å². The minimum absolute atomic E-state index is 0.182. The Morgan fingerprint density at radius 3 is 2.60 bits per heavy atom. The van der Waals surface area contributed by atoms with E-state index in [1.54, 1.807) is 7.05 Å². The SMILES string of the molecule is CNCC(O)COc1cccc(-c2nc(CC3C[C@H]4CC[C@@H](C3)N4C(=O)OC)c(C)c(-c3c(C)noc3C)n2)c1. The van der Waals surface area contributed by atoms with Crippen molar-refractivity contribution in [3.63, 3.8) is 0 Å². The van der Waals surface area contributed by atoms with Gasteiger partial charge in [-0.1, -0.05) is 17.3 Å². The maximum atomic E-state index is 12.4. The lowest BCUT2D eigenvalue weighted by Crippen LogP contribution is -2.46. The summed E-state index contributed by atoms with van der Waals surface area (Å²) in [5, 5.41) is 17.2. The van der Waals surface area contributed by atoms with Gasteiger partial charge in [-0.05, 0) is 83.5 Å². The lowest BCUT2D eigenvalue weighted by Gasteiger charge is -2.38. The van der Waals surface area contributed by atoms with Crippen molar-refractivity contribution in [2.24, 2.45) is 5.92 Å². The van der Waals surface area contributed by atoms with E-state index in [-0.39, 0.29) is 24.8 Å². The van der Waals surface area contributed by atoms with Gasteiger partial charge < -0.3 is 29.3 Å². The Morgan fingerprint density at radius 1 is 1.20 bits per heavy atom. The van der Waals surface area contributed by atoms with E-state index in [9.17, 15) is 9.90 Å². The molecule has 0 saturated carbocycles. The number of aliphatic hydroxyl groups is 1. The van der Waals surface area contributed by atoms with Crippen LogP contribution in [0.15, 0.2) is 28.8 Å². The molecule has 10 heteroatoms. The molecule has 2 saturated heterocycles. The zero-order chi connectivity index (χ0) is 28.4. The van der Waals surface area contributed by atoms with Gasteiger partial charge in [-0.25, -0.2) is 14.8 Å². The van der Waals surface area contributed by atoms with Crippen molar-refractivity contribution in [3.05, 3.63) is 47.0 Å². The molecule has 2 N–H and O–H groups in total. The maximum absolute atomic E-state index is 12.4. The first-order valence-electron chi connectivity index (χ1n) is 14.0. The van der Waals surface area contributed by atoms with Crippen molar-refractivity contribution in [2.45, 2.75) is 71.1 Å². The Kier molecular flexibility index (Phi) is 8.37. The normalized spacial score (nSPS) is 20.9. The number of carbonyl (C=O) groups is 1. The smallest absolute Gasteiger partial charge is 0.409 e. The standard InChI is InChI=1S/C30H39N5O5/c1-17-26(13-20-11-22-9-10-23(12-20)35(22)30(37)38-5)32-29(33-28(17)27-18(2)34-40-19(27)3)21-7-6-8-25(14-21)39-16-24(36)15-31-4/h6-8,14,20,22-24,31,36H,9-13,15-16H2,1-5H3/t20?,22-,23+,24?. The summed E-state index contributed by atoms with van der Waals surface area (Å²) >= 11 is 0. The van der Waals surface area contributed by atoms with Gasteiger partial charge in [0, 0.05) is 29.9 Å². The van der Waals surface area contributed by atoms with E-state index in [0.717, 1.165) is 71.6 Å². The van der Waals surface area contributed by atoms with Gasteiger partial charge in [-0.3, -0.25) is 0 Å². The number of aliphatic hydroxyl groups excluding tert-OH is 1. The minimum atomic E-state index is -0.608. The Bertz CT molecular complexity index is 1320. The molecule has 2 bridgehead atoms. The Balaban J connectivity index is 1.47. The quantitative estimate of drug-likeness (QED) is 0.404. The molecule has 1 aromatic carbocycles. The average molecular weight is 550 g/mol. The van der Waals surface area contributed by atoms with Crippen molar-refractivity contribution in [2.75, 3.05) is 27.3 Å². The molecule has 2 aromatic heterocycles. The van der Waals surface area contributed by atoms with E-state index >= 15 is 0 Å². The van der Waals surface area contributed by atoms with E-state index in [4.69, 9.17) is 24.0 Å². The fourth-order valence-electron chi connectivity index (χ4n) is 6.30. The second-order valence-electron chi connectivity index (χ2n) is 11.0. The fraction of sp³-hybridized carbons (Fsp3) is 0.533. The summed E-state index contributed by atoms with van der Waals surface area (Å²) in [6.07, 6.45) is 3.88. The van der Waals surface area contributed by atoms with Gasteiger partial charge in [0.1, 0.15) is 24.2 Å². The number of piperidine rings is 1. The molecule has 2 aliphatic rings. The molecule has 0 spiro atoms. The summed E-state index contributed by atoms with van der Waals surface area (Å²) in [5.41, 5.74) is 5.34. The van der Waals surface area contributed by atoms with Crippen LogP contribution in [0, 0.1) is 26.7 Å². The highest BCUT2D eigenvalue weighted by Gasteiger charge is 2.44. The number of nitrogens with zero attached hydrogens (tertiary/aromatic N) is 4. The third-order valence-electron chi connectivity index (χ3n) is 8.19. The molecule has 1 amide bonds. The fourth-order valence-corrected chi connectivity index (χ4v) is 6.30. The number of benzene rings is 1. The highest BCUT2D eigenvalue weighted by molar-refractivity contribution is 5.71. The van der Waals surface area contributed by atoms with Crippen molar-refractivity contribution >= 4 is 6.09 Å². The van der Waals surface area contributed by atoms with Crippen molar-refractivity contribution in [1.29, 1.82) is 0 Å². The summed E-state index contributed by atoms with van der Waals surface area (Å²) in [6, 6.07) is 8.09. The van der Waals surface area contributed by atoms with Crippen LogP contribution in [-0.2, 0) is 11.2 Å². The average Bonchev–Trinajstić information content (AvgIpc) is 3.42. The molecule has 0 radical (unpaired) electrons. The lowest BCUT2D eigenvalue weighted by molar-refractivity contribution is 0.0709. The van der Waals surface area contributed by atoms with E-state index in [0.29, 0.717) is 24.0 Å². The molecule has 2 aliphatic heterocycles. The number of ether oxygens (including phenoxy) is 2. The number of nitrogens with one attached hydrogen (secondary N) is 1. The Labute approximate surface area is 235 Å². The molecular formula is C30H39N5O5. The van der Waals surface area contributed by atoms with Crippen LogP contribution < -0.4 is 10.1 Å².